The van der Waals surface area contributed by atoms with E-state index in [1.807, 2.05) is 0 Å². The number of non-ortho nitro benzene ring substituents is 1. The van der Waals surface area contributed by atoms with Crippen molar-refractivity contribution < 1.29 is 14.6 Å². The summed E-state index contributed by atoms with van der Waals surface area (Å²) < 4.78 is 6.90. The number of nitrogens with zero attached hydrogens (tertiary/aromatic N) is 2. The number of nitro benzene ring substituents is 1. The Morgan fingerprint density at radius 3 is 2.33 bits per heavy atom. The zero-order valence-electron chi connectivity index (χ0n) is 12.0. The molecule has 24 heavy (non-hydrogen) atoms. The quantitative estimate of drug-likeness (QED) is 0.451. The highest BCUT2D eigenvalue weighted by Gasteiger charge is 2.11. The fourth-order valence-corrected chi connectivity index (χ4v) is 3.33. The second kappa shape index (κ2) is 8.02. The average molecular weight is 458 g/mol. The molecule has 0 atom stereocenters. The van der Waals surface area contributed by atoms with E-state index in [4.69, 9.17) is 4.74 Å². The van der Waals surface area contributed by atoms with E-state index in [1.54, 1.807) is 24.3 Å². The predicted octanol–water partition coefficient (Wildman–Crippen LogP) is 4.95. The number of ether oxygens (including phenoxy) is 1. The van der Waals surface area contributed by atoms with Gasteiger partial charge in [-0.15, -0.1) is 0 Å². The van der Waals surface area contributed by atoms with Crippen LogP contribution in [0.25, 0.3) is 6.08 Å². The van der Waals surface area contributed by atoms with Crippen LogP contribution >= 0.6 is 31.9 Å². The summed E-state index contributed by atoms with van der Waals surface area (Å²) in [6.45, 7) is 0.142. The lowest BCUT2D eigenvalue weighted by atomic mass is 10.2. The van der Waals surface area contributed by atoms with E-state index in [0.717, 1.165) is 6.20 Å². The van der Waals surface area contributed by atoms with Gasteiger partial charge in [0.15, 0.2) is 0 Å². The smallest absolute Gasteiger partial charge is 0.269 e. The summed E-state index contributed by atoms with van der Waals surface area (Å²) in [6, 6.07) is 9.51. The standard InChI is InChI=1S/C15H10Br2N2O5/c16-13-7-10(4-5-18(20)21)8-14(17)15(13)24-9-11-2-1-3-12(6-11)19(22)23/h1-8H,9H2/b5-4+. The summed E-state index contributed by atoms with van der Waals surface area (Å²) in [5.41, 5.74) is 1.27. The van der Waals surface area contributed by atoms with Crippen molar-refractivity contribution in [3.05, 3.63) is 82.9 Å². The first-order valence-electron chi connectivity index (χ1n) is 6.53. The van der Waals surface area contributed by atoms with Crippen molar-refractivity contribution in [3.8, 4) is 5.75 Å². The first-order chi connectivity index (χ1) is 11.4. The lowest BCUT2D eigenvalue weighted by molar-refractivity contribution is -0.400. The fourth-order valence-electron chi connectivity index (χ4n) is 1.88. The molecule has 2 aromatic rings. The molecule has 0 fully saturated rings. The van der Waals surface area contributed by atoms with Crippen LogP contribution in [0.1, 0.15) is 11.1 Å². The van der Waals surface area contributed by atoms with E-state index in [0.29, 0.717) is 25.8 Å². The first-order valence-corrected chi connectivity index (χ1v) is 8.12. The van der Waals surface area contributed by atoms with Gasteiger partial charge in [0.05, 0.1) is 18.8 Å². The molecule has 0 N–H and O–H groups in total. The van der Waals surface area contributed by atoms with Crippen molar-refractivity contribution in [3.63, 3.8) is 0 Å². The van der Waals surface area contributed by atoms with Crippen LogP contribution < -0.4 is 4.74 Å². The maximum atomic E-state index is 10.8. The van der Waals surface area contributed by atoms with Crippen molar-refractivity contribution in [2.24, 2.45) is 0 Å². The lowest BCUT2D eigenvalue weighted by Gasteiger charge is -2.11. The molecular weight excluding hydrogens is 448 g/mol. The summed E-state index contributed by atoms with van der Waals surface area (Å²) in [6.07, 6.45) is 2.21. The van der Waals surface area contributed by atoms with Crippen LogP contribution in [0.2, 0.25) is 0 Å². The summed E-state index contributed by atoms with van der Waals surface area (Å²) in [7, 11) is 0. The van der Waals surface area contributed by atoms with E-state index in [9.17, 15) is 20.2 Å². The lowest BCUT2D eigenvalue weighted by Crippen LogP contribution is -1.98. The monoisotopic (exact) mass is 456 g/mol. The van der Waals surface area contributed by atoms with Crippen LogP contribution in [-0.4, -0.2) is 9.85 Å². The minimum Gasteiger partial charge on any atom is -0.487 e. The molecule has 0 aliphatic rings. The highest BCUT2D eigenvalue weighted by atomic mass is 79.9. The topological polar surface area (TPSA) is 95.5 Å². The fraction of sp³-hybridized carbons (Fsp3) is 0.0667. The van der Waals surface area contributed by atoms with Gasteiger partial charge in [0, 0.05) is 18.2 Å². The largest absolute Gasteiger partial charge is 0.487 e. The van der Waals surface area contributed by atoms with Crippen LogP contribution in [0.5, 0.6) is 5.75 Å². The van der Waals surface area contributed by atoms with Gasteiger partial charge in [-0.3, -0.25) is 20.2 Å². The summed E-state index contributed by atoms with van der Waals surface area (Å²) in [5, 5.41) is 21.1. The molecule has 0 saturated heterocycles. The SMILES string of the molecule is O=[N+]([O-])/C=C/c1cc(Br)c(OCc2cccc([N+](=O)[O-])c2)c(Br)c1. The van der Waals surface area contributed by atoms with Gasteiger partial charge < -0.3 is 4.74 Å². The Labute approximate surface area is 153 Å². The minimum absolute atomic E-state index is 0.00510. The molecule has 0 aromatic heterocycles. The molecule has 0 aliphatic heterocycles. The van der Waals surface area contributed by atoms with Crippen molar-refractivity contribution in [1.82, 2.24) is 0 Å². The zero-order chi connectivity index (χ0) is 17.7. The third-order valence-corrected chi connectivity index (χ3v) is 4.09. The van der Waals surface area contributed by atoms with Crippen LogP contribution in [0.4, 0.5) is 5.69 Å². The third kappa shape index (κ3) is 4.87. The molecule has 0 amide bonds. The van der Waals surface area contributed by atoms with Gasteiger partial charge in [0.2, 0.25) is 6.20 Å². The van der Waals surface area contributed by atoms with Crippen LogP contribution in [0, 0.1) is 20.2 Å². The average Bonchev–Trinajstić information content (AvgIpc) is 2.52. The zero-order valence-corrected chi connectivity index (χ0v) is 15.2. The molecule has 0 unspecified atom stereocenters. The predicted molar refractivity (Wildman–Crippen MR) is 95.3 cm³/mol. The highest BCUT2D eigenvalue weighted by molar-refractivity contribution is 9.11. The second-order valence-electron chi connectivity index (χ2n) is 4.63. The normalized spacial score (nSPS) is 10.8. The number of hydrogen-bond donors (Lipinski definition) is 0. The van der Waals surface area contributed by atoms with Gasteiger partial charge in [-0.05, 0) is 55.1 Å². The molecule has 9 heteroatoms. The molecule has 7 nitrogen and oxygen atoms in total. The third-order valence-electron chi connectivity index (χ3n) is 2.91. The van der Waals surface area contributed by atoms with E-state index < -0.39 is 9.85 Å². The van der Waals surface area contributed by atoms with E-state index in [-0.39, 0.29) is 12.3 Å². The highest BCUT2D eigenvalue weighted by Crippen LogP contribution is 2.35. The minimum atomic E-state index is -0.547. The van der Waals surface area contributed by atoms with Crippen LogP contribution in [-0.2, 0) is 6.61 Å². The molecular formula is C15H10Br2N2O5. The summed E-state index contributed by atoms with van der Waals surface area (Å²) >= 11 is 6.70. The van der Waals surface area contributed by atoms with E-state index >= 15 is 0 Å². The Bertz CT molecular complexity index is 800. The van der Waals surface area contributed by atoms with E-state index in [2.05, 4.69) is 31.9 Å². The number of rotatable bonds is 6. The molecule has 0 spiro atoms. The van der Waals surface area contributed by atoms with Crippen molar-refractivity contribution in [2.75, 3.05) is 0 Å². The molecule has 2 rings (SSSR count). The van der Waals surface area contributed by atoms with Gasteiger partial charge in [-0.25, -0.2) is 0 Å². The Hall–Kier alpha value is -2.26. The molecule has 0 saturated carbocycles. The number of hydrogen-bond acceptors (Lipinski definition) is 5. The van der Waals surface area contributed by atoms with Gasteiger partial charge in [-0.2, -0.15) is 0 Å². The maximum absolute atomic E-state index is 10.8. The van der Waals surface area contributed by atoms with Gasteiger partial charge in [-0.1, -0.05) is 12.1 Å². The maximum Gasteiger partial charge on any atom is 0.269 e. The Kier molecular flexibility index (Phi) is 6.04. The molecule has 2 aromatic carbocycles. The van der Waals surface area contributed by atoms with Crippen molar-refractivity contribution in [1.29, 1.82) is 0 Å². The molecule has 0 radical (unpaired) electrons. The Morgan fingerprint density at radius 2 is 1.75 bits per heavy atom. The van der Waals surface area contributed by atoms with Gasteiger partial charge in [0.25, 0.3) is 5.69 Å². The van der Waals surface area contributed by atoms with E-state index in [1.165, 1.54) is 18.2 Å². The summed E-state index contributed by atoms with van der Waals surface area (Å²) in [4.78, 5) is 20.1. The van der Waals surface area contributed by atoms with Crippen molar-refractivity contribution >= 4 is 43.6 Å². The molecule has 0 heterocycles. The Balaban J connectivity index is 2.17. The molecule has 124 valence electrons. The molecule has 0 aliphatic carbocycles. The number of benzene rings is 2. The Morgan fingerprint density at radius 1 is 1.08 bits per heavy atom. The number of nitro groups is 2. The first kappa shape index (κ1) is 18.1. The van der Waals surface area contributed by atoms with Crippen LogP contribution in [0.15, 0.2) is 51.5 Å². The van der Waals surface area contributed by atoms with Gasteiger partial charge in [0.1, 0.15) is 12.4 Å². The molecule has 0 bridgehead atoms. The van der Waals surface area contributed by atoms with Crippen molar-refractivity contribution in [2.45, 2.75) is 6.61 Å². The number of halogens is 2. The summed E-state index contributed by atoms with van der Waals surface area (Å²) in [5.74, 6) is 0.500. The van der Waals surface area contributed by atoms with Crippen LogP contribution in [0.3, 0.4) is 0 Å². The second-order valence-corrected chi connectivity index (χ2v) is 6.34. The van der Waals surface area contributed by atoms with Gasteiger partial charge >= 0.3 is 0 Å².